The van der Waals surface area contributed by atoms with E-state index < -0.39 is 10.8 Å². The molecular formula is C13H18ClN3O4. The largest absolute Gasteiger partial charge is 0.381 e. The van der Waals surface area contributed by atoms with Gasteiger partial charge in [-0.15, -0.1) is 0 Å². The molecule has 21 heavy (non-hydrogen) atoms. The van der Waals surface area contributed by atoms with Gasteiger partial charge < -0.3 is 10.1 Å². The minimum atomic E-state index is -0.663. The number of carbonyl (C=O) groups excluding carboxylic acids is 1. The third-order valence-corrected chi connectivity index (χ3v) is 2.70. The Labute approximate surface area is 127 Å². The summed E-state index contributed by atoms with van der Waals surface area (Å²) in [4.78, 5) is 25.7. The van der Waals surface area contributed by atoms with Gasteiger partial charge in [0.05, 0.1) is 4.92 Å². The number of halogens is 1. The number of nitrogens with zero attached hydrogens (tertiary/aromatic N) is 2. The number of aromatic nitrogens is 1. The Kier molecular flexibility index (Phi) is 7.04. The second-order valence-corrected chi connectivity index (χ2v) is 5.25. The molecule has 0 saturated heterocycles. The van der Waals surface area contributed by atoms with E-state index in [9.17, 15) is 14.9 Å². The number of hydrogen-bond acceptors (Lipinski definition) is 5. The number of pyridine rings is 1. The Morgan fingerprint density at radius 2 is 2.29 bits per heavy atom. The van der Waals surface area contributed by atoms with E-state index in [-0.39, 0.29) is 16.4 Å². The number of ether oxygens (including phenoxy) is 1. The molecule has 0 aliphatic carbocycles. The Hall–Kier alpha value is -1.73. The fourth-order valence-electron chi connectivity index (χ4n) is 1.54. The third-order valence-electron chi connectivity index (χ3n) is 2.49. The van der Waals surface area contributed by atoms with Crippen LogP contribution in [0.15, 0.2) is 12.3 Å². The number of nitrogens with one attached hydrogen (secondary N) is 1. The molecule has 0 atom stereocenters. The Morgan fingerprint density at radius 1 is 1.57 bits per heavy atom. The first-order valence-corrected chi connectivity index (χ1v) is 6.95. The molecule has 116 valence electrons. The van der Waals surface area contributed by atoms with Gasteiger partial charge in [0.2, 0.25) is 0 Å². The minimum Gasteiger partial charge on any atom is -0.381 e. The summed E-state index contributed by atoms with van der Waals surface area (Å²) in [6.07, 6.45) is 1.61. The van der Waals surface area contributed by atoms with Gasteiger partial charge in [-0.05, 0) is 18.4 Å². The molecule has 1 N–H and O–H groups in total. The first-order valence-electron chi connectivity index (χ1n) is 6.57. The van der Waals surface area contributed by atoms with Gasteiger partial charge in [-0.1, -0.05) is 25.4 Å². The zero-order valence-corrected chi connectivity index (χ0v) is 12.7. The van der Waals surface area contributed by atoms with Gasteiger partial charge in [-0.3, -0.25) is 14.9 Å². The van der Waals surface area contributed by atoms with Gasteiger partial charge in [-0.2, -0.15) is 0 Å². The maximum absolute atomic E-state index is 11.9. The molecule has 1 aromatic heterocycles. The van der Waals surface area contributed by atoms with Gasteiger partial charge in [0.1, 0.15) is 16.9 Å². The number of amides is 1. The second kappa shape index (κ2) is 8.53. The van der Waals surface area contributed by atoms with Crippen LogP contribution in [-0.2, 0) is 4.74 Å². The lowest BCUT2D eigenvalue weighted by atomic mass is 10.2. The van der Waals surface area contributed by atoms with Crippen molar-refractivity contribution >= 4 is 23.2 Å². The smallest absolute Gasteiger partial charge is 0.300 e. The minimum absolute atomic E-state index is 0.0333. The summed E-state index contributed by atoms with van der Waals surface area (Å²) >= 11 is 5.66. The lowest BCUT2D eigenvalue weighted by Crippen LogP contribution is -2.26. The standard InChI is InChI=1S/C13H18ClN3O4/c1-9(2)8-21-5-3-4-15-13(18)10-6-12(14)16-7-11(10)17(19)20/h6-7,9H,3-5,8H2,1-2H3,(H,15,18). The van der Waals surface area contributed by atoms with E-state index in [1.807, 2.05) is 13.8 Å². The molecule has 7 nitrogen and oxygen atoms in total. The maximum Gasteiger partial charge on any atom is 0.300 e. The van der Waals surface area contributed by atoms with Crippen molar-refractivity contribution in [3.05, 3.63) is 33.1 Å². The molecule has 1 rings (SSSR count). The lowest BCUT2D eigenvalue weighted by Gasteiger charge is -2.08. The molecule has 0 spiro atoms. The molecular weight excluding hydrogens is 298 g/mol. The first kappa shape index (κ1) is 17.3. The topological polar surface area (TPSA) is 94.4 Å². The van der Waals surface area contributed by atoms with E-state index in [1.54, 1.807) is 0 Å². The van der Waals surface area contributed by atoms with Crippen molar-refractivity contribution in [2.24, 2.45) is 5.92 Å². The van der Waals surface area contributed by atoms with E-state index in [1.165, 1.54) is 6.07 Å². The fraction of sp³-hybridized carbons (Fsp3) is 0.538. The van der Waals surface area contributed by atoms with Crippen molar-refractivity contribution in [1.82, 2.24) is 10.3 Å². The monoisotopic (exact) mass is 315 g/mol. The average molecular weight is 316 g/mol. The number of hydrogen-bond donors (Lipinski definition) is 1. The van der Waals surface area contributed by atoms with Crippen LogP contribution in [0.5, 0.6) is 0 Å². The molecule has 1 amide bonds. The molecule has 1 aromatic rings. The highest BCUT2D eigenvalue weighted by Crippen LogP contribution is 2.20. The van der Waals surface area contributed by atoms with Crippen molar-refractivity contribution in [2.45, 2.75) is 20.3 Å². The van der Waals surface area contributed by atoms with E-state index in [0.29, 0.717) is 32.1 Å². The highest BCUT2D eigenvalue weighted by molar-refractivity contribution is 6.29. The fourth-order valence-corrected chi connectivity index (χ4v) is 1.70. The molecule has 0 unspecified atom stereocenters. The highest BCUT2D eigenvalue weighted by Gasteiger charge is 2.20. The van der Waals surface area contributed by atoms with Crippen molar-refractivity contribution in [1.29, 1.82) is 0 Å². The zero-order chi connectivity index (χ0) is 15.8. The third kappa shape index (κ3) is 6.05. The molecule has 0 aliphatic rings. The number of rotatable bonds is 8. The number of carbonyl (C=O) groups is 1. The highest BCUT2D eigenvalue weighted by atomic mass is 35.5. The molecule has 0 saturated carbocycles. The van der Waals surface area contributed by atoms with E-state index in [4.69, 9.17) is 16.3 Å². The SMILES string of the molecule is CC(C)COCCCNC(=O)c1cc(Cl)ncc1[N+](=O)[O-]. The molecule has 0 fully saturated rings. The average Bonchev–Trinajstić information content (AvgIpc) is 2.41. The van der Waals surface area contributed by atoms with Crippen molar-refractivity contribution in [3.63, 3.8) is 0 Å². The zero-order valence-electron chi connectivity index (χ0n) is 12.0. The molecule has 0 aliphatic heterocycles. The van der Waals surface area contributed by atoms with Crippen LogP contribution in [0.1, 0.15) is 30.6 Å². The molecule has 8 heteroatoms. The van der Waals surface area contributed by atoms with Crippen LogP contribution < -0.4 is 5.32 Å². The summed E-state index contributed by atoms with van der Waals surface area (Å²) in [5.74, 6) is -0.0870. The second-order valence-electron chi connectivity index (χ2n) is 4.86. The van der Waals surface area contributed by atoms with E-state index in [0.717, 1.165) is 6.20 Å². The van der Waals surface area contributed by atoms with Crippen LogP contribution in [-0.4, -0.2) is 35.6 Å². The summed E-state index contributed by atoms with van der Waals surface area (Å²) in [5, 5.41) is 13.5. The van der Waals surface area contributed by atoms with Gasteiger partial charge in [0, 0.05) is 19.8 Å². The van der Waals surface area contributed by atoms with Crippen molar-refractivity contribution < 1.29 is 14.5 Å². The van der Waals surface area contributed by atoms with Crippen LogP contribution in [0, 0.1) is 16.0 Å². The summed E-state index contributed by atoms with van der Waals surface area (Å²) < 4.78 is 5.37. The van der Waals surface area contributed by atoms with Crippen molar-refractivity contribution in [2.75, 3.05) is 19.8 Å². The summed E-state index contributed by atoms with van der Waals surface area (Å²) in [6.45, 7) is 5.66. The van der Waals surface area contributed by atoms with Gasteiger partial charge in [0.15, 0.2) is 0 Å². The van der Waals surface area contributed by atoms with E-state index in [2.05, 4.69) is 10.3 Å². The predicted octanol–water partition coefficient (Wildman–Crippen LogP) is 2.44. The quantitative estimate of drug-likeness (QED) is 0.344. The Morgan fingerprint density at radius 3 is 2.90 bits per heavy atom. The van der Waals surface area contributed by atoms with Crippen LogP contribution in [0.4, 0.5) is 5.69 Å². The van der Waals surface area contributed by atoms with Crippen LogP contribution in [0.25, 0.3) is 0 Å². The first-order chi connectivity index (χ1) is 9.91. The Bertz CT molecular complexity index is 508. The van der Waals surface area contributed by atoms with Crippen LogP contribution in [0.2, 0.25) is 5.15 Å². The normalized spacial score (nSPS) is 10.7. The van der Waals surface area contributed by atoms with Crippen LogP contribution >= 0.6 is 11.6 Å². The summed E-state index contributed by atoms with van der Waals surface area (Å²) in [6, 6.07) is 1.18. The van der Waals surface area contributed by atoms with Crippen LogP contribution in [0.3, 0.4) is 0 Å². The molecule has 1 heterocycles. The van der Waals surface area contributed by atoms with Gasteiger partial charge >= 0.3 is 0 Å². The molecule has 0 aromatic carbocycles. The Balaban J connectivity index is 2.49. The van der Waals surface area contributed by atoms with E-state index >= 15 is 0 Å². The van der Waals surface area contributed by atoms with Gasteiger partial charge in [0.25, 0.3) is 11.6 Å². The molecule has 0 radical (unpaired) electrons. The predicted molar refractivity (Wildman–Crippen MR) is 78.5 cm³/mol. The maximum atomic E-state index is 11.9. The van der Waals surface area contributed by atoms with Gasteiger partial charge in [-0.25, -0.2) is 4.98 Å². The number of nitro groups is 1. The lowest BCUT2D eigenvalue weighted by molar-refractivity contribution is -0.385. The van der Waals surface area contributed by atoms with Crippen molar-refractivity contribution in [3.8, 4) is 0 Å². The molecule has 0 bridgehead atoms. The summed E-state index contributed by atoms with van der Waals surface area (Å²) in [5.41, 5.74) is -0.462. The summed E-state index contributed by atoms with van der Waals surface area (Å²) in [7, 11) is 0.